The largest absolute Gasteiger partial charge is 0.522 e. The number of hydrogen-bond donors (Lipinski definition) is 1. The number of carbonyl (C=O) groups excluding carboxylic acids is 2. The van der Waals surface area contributed by atoms with Crippen molar-refractivity contribution in [3.05, 3.63) is 59.7 Å². The molecule has 0 unspecified atom stereocenters. The first-order chi connectivity index (χ1) is 16.2. The molecule has 0 aromatic heterocycles. The lowest BCUT2D eigenvalue weighted by Gasteiger charge is -2.39. The van der Waals surface area contributed by atoms with E-state index in [2.05, 4.69) is 10.2 Å². The summed E-state index contributed by atoms with van der Waals surface area (Å²) in [5.41, 5.74) is 1.50. The molecule has 34 heavy (non-hydrogen) atoms. The highest BCUT2D eigenvalue weighted by atomic mass is 32.2. The van der Waals surface area contributed by atoms with Gasteiger partial charge in [-0.15, -0.1) is 0 Å². The molecule has 1 aliphatic carbocycles. The first kappa shape index (κ1) is 24.8. The Labute approximate surface area is 201 Å². The average molecular weight is 488 g/mol. The highest BCUT2D eigenvalue weighted by Crippen LogP contribution is 2.26. The Morgan fingerprint density at radius 1 is 1.18 bits per heavy atom. The summed E-state index contributed by atoms with van der Waals surface area (Å²) in [6, 6.07) is 6.48. The summed E-state index contributed by atoms with van der Waals surface area (Å²) in [6.07, 6.45) is 6.83. The first-order valence-corrected chi connectivity index (χ1v) is 13.4. The number of likely N-dealkylation sites (N-methyl/N-ethyl adjacent to an activating group) is 1. The van der Waals surface area contributed by atoms with Crippen LogP contribution in [0.2, 0.25) is 0 Å². The number of allylic oxidation sites excluding steroid dienone is 2. The smallest absolute Gasteiger partial charge is 0.381 e. The molecule has 1 aromatic rings. The summed E-state index contributed by atoms with van der Waals surface area (Å²) in [5.74, 6) is -0.0495. The minimum Gasteiger partial charge on any atom is -0.381 e. The van der Waals surface area contributed by atoms with E-state index in [0.29, 0.717) is 43.9 Å². The van der Waals surface area contributed by atoms with E-state index >= 15 is 0 Å². The molecule has 4 rings (SSSR count). The Morgan fingerprint density at radius 2 is 1.88 bits per heavy atom. The topological polar surface area (TPSA) is 92.8 Å². The molecule has 2 aliphatic heterocycles. The van der Waals surface area contributed by atoms with Crippen LogP contribution in [0, 0.1) is 13.3 Å². The van der Waals surface area contributed by atoms with Gasteiger partial charge in [-0.1, -0.05) is 17.7 Å². The fourth-order valence-electron chi connectivity index (χ4n) is 4.58. The zero-order valence-corrected chi connectivity index (χ0v) is 20.6. The maximum absolute atomic E-state index is 13.5. The number of quaternary nitrogens is 1. The number of Topliss-reactive ketones (excluding diaryl/α,β-unsaturated/α-hetero) is 1. The first-order valence-electron chi connectivity index (χ1n) is 11.8. The van der Waals surface area contributed by atoms with Gasteiger partial charge in [-0.05, 0) is 70.5 Å². The van der Waals surface area contributed by atoms with Crippen molar-refractivity contribution in [3.63, 3.8) is 0 Å². The molecular weight excluding hydrogens is 454 g/mol. The van der Waals surface area contributed by atoms with Gasteiger partial charge in [0.05, 0.1) is 10.9 Å². The van der Waals surface area contributed by atoms with Crippen LogP contribution >= 0.6 is 0 Å². The van der Waals surface area contributed by atoms with E-state index < -0.39 is 15.9 Å². The van der Waals surface area contributed by atoms with Crippen LogP contribution in [0.25, 0.3) is 0 Å². The van der Waals surface area contributed by atoms with Gasteiger partial charge in [0.1, 0.15) is 18.8 Å². The molecule has 2 fully saturated rings. The molecule has 1 N–H and O–H groups in total. The number of hydrogen-bond acceptors (Lipinski definition) is 7. The lowest BCUT2D eigenvalue weighted by molar-refractivity contribution is -0.850. The van der Waals surface area contributed by atoms with Gasteiger partial charge in [-0.2, -0.15) is 4.79 Å². The fourth-order valence-corrected chi connectivity index (χ4v) is 6.30. The summed E-state index contributed by atoms with van der Waals surface area (Å²) in [4.78, 5) is 28.5. The number of benzene rings is 1. The Bertz CT molecular complexity index is 1090. The maximum atomic E-state index is 13.5. The standard InChI is InChI=1S/C25H33N3O5S/c1-19-8-10-22(11-9-19)34(31,32)18-28(15-13-27(2)14-16-28)25(30)33-21-6-3-5-20(17-21)24(29)23-7-4-12-26-23/h5-6,8-11,17,23,26H,3-4,7,12-16,18H2,1-2H3/q+1/t23-/m0/s1. The van der Waals surface area contributed by atoms with E-state index in [4.69, 9.17) is 4.74 Å². The predicted octanol–water partition coefficient (Wildman–Crippen LogP) is 2.36. The molecule has 2 heterocycles. The third-order valence-electron chi connectivity index (χ3n) is 6.83. The van der Waals surface area contributed by atoms with E-state index in [1.165, 1.54) is 0 Å². The van der Waals surface area contributed by atoms with Crippen molar-refractivity contribution >= 4 is 21.7 Å². The van der Waals surface area contributed by atoms with Gasteiger partial charge < -0.3 is 10.1 Å². The third kappa shape index (κ3) is 5.49. The van der Waals surface area contributed by atoms with Crippen molar-refractivity contribution in [2.45, 2.75) is 37.1 Å². The van der Waals surface area contributed by atoms with Crippen LogP contribution in [-0.4, -0.2) is 81.4 Å². The zero-order valence-electron chi connectivity index (χ0n) is 19.8. The van der Waals surface area contributed by atoms with Gasteiger partial charge in [0.2, 0.25) is 9.84 Å². The minimum absolute atomic E-state index is 0.00425. The zero-order chi connectivity index (χ0) is 24.3. The third-order valence-corrected chi connectivity index (χ3v) is 8.65. The number of ketones is 1. The number of piperazine rings is 1. The summed E-state index contributed by atoms with van der Waals surface area (Å²) >= 11 is 0. The number of carbonyl (C=O) groups is 2. The average Bonchev–Trinajstić information content (AvgIpc) is 3.35. The molecule has 183 valence electrons. The number of aryl methyl sites for hydroxylation is 1. The van der Waals surface area contributed by atoms with Crippen LogP contribution in [-0.2, 0) is 19.4 Å². The SMILES string of the molecule is Cc1ccc(S(=O)(=O)C[N+]2(C(=O)OC3=CC[CH]C(C(=O)[C@@H]4CCCN4)=C3)CCN(C)CC2)cc1. The lowest BCUT2D eigenvalue weighted by Crippen LogP contribution is -2.63. The Balaban J connectivity index is 1.54. The highest BCUT2D eigenvalue weighted by Gasteiger charge is 2.46. The van der Waals surface area contributed by atoms with Gasteiger partial charge in [0.15, 0.2) is 11.7 Å². The van der Waals surface area contributed by atoms with Crippen LogP contribution in [0.15, 0.2) is 52.6 Å². The molecule has 9 heteroatoms. The van der Waals surface area contributed by atoms with Crippen molar-refractivity contribution in [1.82, 2.24) is 10.2 Å². The van der Waals surface area contributed by atoms with E-state index in [0.717, 1.165) is 24.9 Å². The van der Waals surface area contributed by atoms with E-state index in [1.54, 1.807) is 36.4 Å². The van der Waals surface area contributed by atoms with Crippen LogP contribution < -0.4 is 5.32 Å². The van der Waals surface area contributed by atoms with Gasteiger partial charge in [-0.25, -0.2) is 12.9 Å². The highest BCUT2D eigenvalue weighted by molar-refractivity contribution is 7.91. The second-order valence-electron chi connectivity index (χ2n) is 9.48. The Kier molecular flexibility index (Phi) is 7.37. The summed E-state index contributed by atoms with van der Waals surface area (Å²) in [6.45, 7) is 4.55. The molecule has 1 aromatic carbocycles. The molecule has 1 amide bonds. The molecule has 3 aliphatic rings. The summed E-state index contributed by atoms with van der Waals surface area (Å²) in [5, 5.41) is 3.20. The van der Waals surface area contributed by atoms with Crippen LogP contribution in [0.4, 0.5) is 4.79 Å². The lowest BCUT2D eigenvalue weighted by atomic mass is 9.95. The number of ether oxygens (including phenoxy) is 1. The molecular formula is C25H33N3O5S+. The normalized spacial score (nSPS) is 23.2. The van der Waals surface area contributed by atoms with Crippen LogP contribution in [0.3, 0.4) is 0 Å². The second kappa shape index (κ2) is 10.1. The number of rotatable bonds is 6. The Morgan fingerprint density at radius 3 is 2.53 bits per heavy atom. The minimum atomic E-state index is -3.72. The monoisotopic (exact) mass is 487 g/mol. The van der Waals surface area contributed by atoms with Gasteiger partial charge in [-0.3, -0.25) is 9.69 Å². The van der Waals surface area contributed by atoms with E-state index in [9.17, 15) is 18.0 Å². The Hall–Kier alpha value is -2.33. The van der Waals surface area contributed by atoms with Crippen LogP contribution in [0.5, 0.6) is 0 Å². The van der Waals surface area contributed by atoms with Crippen LogP contribution in [0.1, 0.15) is 24.8 Å². The molecule has 8 nitrogen and oxygen atoms in total. The summed E-state index contributed by atoms with van der Waals surface area (Å²) in [7, 11) is -1.78. The number of sulfone groups is 1. The summed E-state index contributed by atoms with van der Waals surface area (Å²) < 4.78 is 32.0. The van der Waals surface area contributed by atoms with E-state index in [1.807, 2.05) is 20.4 Å². The molecule has 1 atom stereocenters. The number of nitrogens with one attached hydrogen (secondary N) is 1. The number of nitrogens with zero attached hydrogens (tertiary/aromatic N) is 2. The quantitative estimate of drug-likeness (QED) is 0.616. The van der Waals surface area contributed by atoms with Crippen molar-refractivity contribution in [3.8, 4) is 0 Å². The van der Waals surface area contributed by atoms with Crippen molar-refractivity contribution < 1.29 is 27.2 Å². The molecule has 0 bridgehead atoms. The predicted molar refractivity (Wildman–Crippen MR) is 128 cm³/mol. The van der Waals surface area contributed by atoms with E-state index in [-0.39, 0.29) is 27.1 Å². The van der Waals surface area contributed by atoms with Gasteiger partial charge in [0, 0.05) is 18.7 Å². The maximum Gasteiger partial charge on any atom is 0.522 e. The fraction of sp³-hybridized carbons (Fsp3) is 0.480. The molecule has 0 spiro atoms. The van der Waals surface area contributed by atoms with Gasteiger partial charge >= 0.3 is 6.09 Å². The molecule has 1 radical (unpaired) electrons. The second-order valence-corrected chi connectivity index (χ2v) is 11.4. The molecule has 0 saturated carbocycles. The van der Waals surface area contributed by atoms with Crippen molar-refractivity contribution in [2.75, 3.05) is 45.6 Å². The molecule has 2 saturated heterocycles. The van der Waals surface area contributed by atoms with Crippen molar-refractivity contribution in [1.29, 1.82) is 0 Å². The van der Waals surface area contributed by atoms with Gasteiger partial charge in [0.25, 0.3) is 0 Å². The van der Waals surface area contributed by atoms with Crippen molar-refractivity contribution in [2.24, 2.45) is 0 Å². The number of amides is 1.